The Morgan fingerprint density at radius 1 is 1.00 bits per heavy atom. The summed E-state index contributed by atoms with van der Waals surface area (Å²) in [4.78, 5) is 53.9. The third kappa shape index (κ3) is 4.53. The molecule has 0 aliphatic carbocycles. The molecule has 33 heavy (non-hydrogen) atoms. The number of benzene rings is 2. The number of rotatable bonds is 6. The van der Waals surface area contributed by atoms with Crippen LogP contribution in [0.4, 0.5) is 0 Å². The summed E-state index contributed by atoms with van der Waals surface area (Å²) in [7, 11) is 0. The lowest BCUT2D eigenvalue weighted by Gasteiger charge is -2.32. The summed E-state index contributed by atoms with van der Waals surface area (Å²) in [5.41, 5.74) is 2.68. The molecule has 1 fully saturated rings. The Bertz CT molecular complexity index is 1100. The minimum atomic E-state index is -0.323. The van der Waals surface area contributed by atoms with E-state index in [4.69, 9.17) is 0 Å². The first kappa shape index (κ1) is 22.7. The number of amides is 4. The van der Waals surface area contributed by atoms with Crippen LogP contribution < -0.4 is 5.32 Å². The van der Waals surface area contributed by atoms with Crippen molar-refractivity contribution in [2.45, 2.75) is 45.6 Å². The molecule has 0 bridgehead atoms. The molecule has 1 N–H and O–H groups in total. The average molecular weight is 448 g/mol. The maximum Gasteiger partial charge on any atom is 0.261 e. The van der Waals surface area contributed by atoms with Crippen LogP contribution in [-0.4, -0.2) is 59.1 Å². The molecular weight excluding hydrogens is 418 g/mol. The molecule has 0 saturated carbocycles. The van der Waals surface area contributed by atoms with Gasteiger partial charge in [0, 0.05) is 36.8 Å². The van der Waals surface area contributed by atoms with E-state index < -0.39 is 0 Å². The van der Waals surface area contributed by atoms with Crippen molar-refractivity contribution in [1.29, 1.82) is 0 Å². The SMILES string of the molecule is CCCCN1C(=O)c2ccc(C(=O)N3CCC(NC(=O)c4ccccc4C)CC3)cc2C1=O. The van der Waals surface area contributed by atoms with Gasteiger partial charge in [-0.3, -0.25) is 24.1 Å². The third-order valence-electron chi connectivity index (χ3n) is 6.46. The number of hydrogen-bond donors (Lipinski definition) is 1. The monoisotopic (exact) mass is 447 g/mol. The molecule has 4 amide bonds. The fraction of sp³-hybridized carbons (Fsp3) is 0.385. The second-order valence-electron chi connectivity index (χ2n) is 8.73. The number of nitrogens with zero attached hydrogens (tertiary/aromatic N) is 2. The van der Waals surface area contributed by atoms with Gasteiger partial charge in [-0.25, -0.2) is 0 Å². The standard InChI is InChI=1S/C26H29N3O4/c1-3-4-13-29-25(32)21-10-9-18(16-22(21)26(29)33)24(31)28-14-11-19(12-15-28)27-23(30)20-8-6-5-7-17(20)2/h5-10,16,19H,3-4,11-15H2,1-2H3,(H,27,30). The zero-order chi connectivity index (χ0) is 23.5. The highest BCUT2D eigenvalue weighted by Crippen LogP contribution is 2.25. The lowest BCUT2D eigenvalue weighted by Crippen LogP contribution is -2.46. The van der Waals surface area contributed by atoms with Crippen molar-refractivity contribution in [3.63, 3.8) is 0 Å². The molecule has 0 aromatic heterocycles. The summed E-state index contributed by atoms with van der Waals surface area (Å²) in [6, 6.07) is 12.2. The molecule has 172 valence electrons. The van der Waals surface area contributed by atoms with Gasteiger partial charge < -0.3 is 10.2 Å². The maximum atomic E-state index is 13.1. The quantitative estimate of drug-likeness (QED) is 0.688. The van der Waals surface area contributed by atoms with E-state index in [1.165, 1.54) is 4.90 Å². The molecule has 2 aromatic carbocycles. The highest BCUT2D eigenvalue weighted by molar-refractivity contribution is 6.22. The van der Waals surface area contributed by atoms with Gasteiger partial charge in [0.15, 0.2) is 0 Å². The van der Waals surface area contributed by atoms with Gasteiger partial charge in [-0.2, -0.15) is 0 Å². The van der Waals surface area contributed by atoms with E-state index in [1.54, 1.807) is 23.1 Å². The van der Waals surface area contributed by atoms with Crippen LogP contribution in [0, 0.1) is 6.92 Å². The summed E-state index contributed by atoms with van der Waals surface area (Å²) in [6.07, 6.45) is 2.97. The van der Waals surface area contributed by atoms with Crippen LogP contribution in [0.15, 0.2) is 42.5 Å². The molecule has 2 aromatic rings. The summed E-state index contributed by atoms with van der Waals surface area (Å²) >= 11 is 0. The van der Waals surface area contributed by atoms with Gasteiger partial charge in [-0.1, -0.05) is 31.5 Å². The number of nitrogens with one attached hydrogen (secondary N) is 1. The maximum absolute atomic E-state index is 13.1. The number of carbonyl (C=O) groups is 4. The van der Waals surface area contributed by atoms with E-state index in [1.807, 2.05) is 38.1 Å². The van der Waals surface area contributed by atoms with E-state index in [2.05, 4.69) is 5.32 Å². The van der Waals surface area contributed by atoms with Crippen molar-refractivity contribution in [3.05, 3.63) is 70.3 Å². The number of likely N-dealkylation sites (tertiary alicyclic amines) is 1. The van der Waals surface area contributed by atoms with Crippen LogP contribution in [0.3, 0.4) is 0 Å². The van der Waals surface area contributed by atoms with Crippen LogP contribution in [0.2, 0.25) is 0 Å². The number of carbonyl (C=O) groups excluding carboxylic acids is 4. The van der Waals surface area contributed by atoms with E-state index in [9.17, 15) is 19.2 Å². The summed E-state index contributed by atoms with van der Waals surface area (Å²) in [6.45, 7) is 5.35. The van der Waals surface area contributed by atoms with E-state index >= 15 is 0 Å². The Labute approximate surface area is 193 Å². The molecule has 7 nitrogen and oxygen atoms in total. The smallest absolute Gasteiger partial charge is 0.261 e. The number of hydrogen-bond acceptors (Lipinski definition) is 4. The molecule has 0 atom stereocenters. The number of aryl methyl sites for hydroxylation is 1. The topological polar surface area (TPSA) is 86.8 Å². The van der Waals surface area contributed by atoms with Crippen molar-refractivity contribution < 1.29 is 19.2 Å². The highest BCUT2D eigenvalue weighted by Gasteiger charge is 2.36. The third-order valence-corrected chi connectivity index (χ3v) is 6.46. The molecule has 0 unspecified atom stereocenters. The van der Waals surface area contributed by atoms with Gasteiger partial charge in [0.05, 0.1) is 11.1 Å². The Kier molecular flexibility index (Phi) is 6.58. The van der Waals surface area contributed by atoms with E-state index in [-0.39, 0.29) is 29.7 Å². The number of imide groups is 1. The molecule has 2 aliphatic rings. The summed E-state index contributed by atoms with van der Waals surface area (Å²) in [5, 5.41) is 3.08. The molecule has 2 aliphatic heterocycles. The summed E-state index contributed by atoms with van der Waals surface area (Å²) < 4.78 is 0. The fourth-order valence-corrected chi connectivity index (χ4v) is 4.44. The van der Waals surface area contributed by atoms with Crippen molar-refractivity contribution in [2.75, 3.05) is 19.6 Å². The van der Waals surface area contributed by atoms with Crippen LogP contribution in [0.5, 0.6) is 0 Å². The van der Waals surface area contributed by atoms with Crippen LogP contribution in [0.1, 0.15) is 79.6 Å². The first-order valence-electron chi connectivity index (χ1n) is 11.6. The predicted molar refractivity (Wildman–Crippen MR) is 124 cm³/mol. The van der Waals surface area contributed by atoms with Crippen LogP contribution >= 0.6 is 0 Å². The van der Waals surface area contributed by atoms with Gasteiger partial charge in [-0.05, 0) is 56.0 Å². The van der Waals surface area contributed by atoms with Crippen molar-refractivity contribution >= 4 is 23.6 Å². The molecule has 7 heteroatoms. The van der Waals surface area contributed by atoms with Gasteiger partial charge in [0.2, 0.25) is 0 Å². The lowest BCUT2D eigenvalue weighted by atomic mass is 10.0. The van der Waals surface area contributed by atoms with Gasteiger partial charge in [0.1, 0.15) is 0 Å². The van der Waals surface area contributed by atoms with E-state index in [0.29, 0.717) is 54.7 Å². The molecule has 4 rings (SSSR count). The summed E-state index contributed by atoms with van der Waals surface area (Å²) in [5.74, 6) is -0.857. The zero-order valence-corrected chi connectivity index (χ0v) is 19.1. The number of piperidine rings is 1. The normalized spacial score (nSPS) is 16.2. The highest BCUT2D eigenvalue weighted by atomic mass is 16.2. The molecule has 1 saturated heterocycles. The first-order valence-corrected chi connectivity index (χ1v) is 11.6. The van der Waals surface area contributed by atoms with Crippen molar-refractivity contribution in [3.8, 4) is 0 Å². The predicted octanol–water partition coefficient (Wildman–Crippen LogP) is 3.43. The first-order chi connectivity index (χ1) is 15.9. The van der Waals surface area contributed by atoms with E-state index in [0.717, 1.165) is 18.4 Å². The average Bonchev–Trinajstić information content (AvgIpc) is 3.07. The van der Waals surface area contributed by atoms with Crippen molar-refractivity contribution in [2.24, 2.45) is 0 Å². The van der Waals surface area contributed by atoms with Gasteiger partial charge >= 0.3 is 0 Å². The minimum absolute atomic E-state index is 0.00694. The molecule has 0 radical (unpaired) electrons. The second kappa shape index (κ2) is 9.57. The van der Waals surface area contributed by atoms with Gasteiger partial charge in [-0.15, -0.1) is 0 Å². The second-order valence-corrected chi connectivity index (χ2v) is 8.73. The zero-order valence-electron chi connectivity index (χ0n) is 19.1. The Morgan fingerprint density at radius 2 is 1.70 bits per heavy atom. The van der Waals surface area contributed by atoms with Crippen LogP contribution in [-0.2, 0) is 0 Å². The largest absolute Gasteiger partial charge is 0.349 e. The minimum Gasteiger partial charge on any atom is -0.349 e. The molecule has 0 spiro atoms. The Balaban J connectivity index is 1.37. The van der Waals surface area contributed by atoms with Crippen LogP contribution in [0.25, 0.3) is 0 Å². The number of unbranched alkanes of at least 4 members (excludes halogenated alkanes) is 1. The van der Waals surface area contributed by atoms with Gasteiger partial charge in [0.25, 0.3) is 23.6 Å². The molecule has 2 heterocycles. The lowest BCUT2D eigenvalue weighted by molar-refractivity contribution is 0.0650. The van der Waals surface area contributed by atoms with Crippen molar-refractivity contribution in [1.82, 2.24) is 15.1 Å². The Morgan fingerprint density at radius 3 is 2.39 bits per heavy atom. The Hall–Kier alpha value is -3.48. The number of fused-ring (bicyclic) bond motifs is 1. The molecular formula is C26H29N3O4. The fourth-order valence-electron chi connectivity index (χ4n) is 4.44.